The van der Waals surface area contributed by atoms with E-state index >= 15 is 0 Å². The van der Waals surface area contributed by atoms with Gasteiger partial charge in [0.1, 0.15) is 12.0 Å². The maximum Gasteiger partial charge on any atom is 0.226 e. The zero-order chi connectivity index (χ0) is 19.6. The van der Waals surface area contributed by atoms with Gasteiger partial charge in [-0.1, -0.05) is 32.0 Å². The SMILES string of the molecule is CCNC(=NCc1coc(-c2ccccc2)n1)NC1C2CCCOC2C1(C)C. The molecule has 2 aliphatic rings. The highest BCUT2D eigenvalue weighted by Gasteiger charge is 2.58. The van der Waals surface area contributed by atoms with Crippen molar-refractivity contribution in [3.05, 3.63) is 42.3 Å². The van der Waals surface area contributed by atoms with E-state index in [1.54, 1.807) is 6.26 Å². The first kappa shape index (κ1) is 19.0. The summed E-state index contributed by atoms with van der Waals surface area (Å²) in [5.74, 6) is 2.02. The average Bonchev–Trinajstić information content (AvgIpc) is 3.20. The number of hydrogen-bond donors (Lipinski definition) is 2. The van der Waals surface area contributed by atoms with E-state index in [9.17, 15) is 0 Å². The van der Waals surface area contributed by atoms with Gasteiger partial charge in [-0.05, 0) is 31.9 Å². The van der Waals surface area contributed by atoms with Gasteiger partial charge in [-0.15, -0.1) is 0 Å². The number of nitrogens with one attached hydrogen (secondary N) is 2. The van der Waals surface area contributed by atoms with Gasteiger partial charge in [0.05, 0.1) is 12.6 Å². The molecule has 3 atom stereocenters. The number of aliphatic imine (C=N–C) groups is 1. The fraction of sp³-hybridized carbons (Fsp3) is 0.545. The third kappa shape index (κ3) is 3.65. The molecule has 2 heterocycles. The van der Waals surface area contributed by atoms with Crippen molar-refractivity contribution in [3.8, 4) is 11.5 Å². The first-order chi connectivity index (χ1) is 13.6. The Morgan fingerprint density at radius 2 is 2.11 bits per heavy atom. The van der Waals surface area contributed by atoms with Gasteiger partial charge < -0.3 is 19.8 Å². The summed E-state index contributed by atoms with van der Waals surface area (Å²) in [5.41, 5.74) is 1.90. The van der Waals surface area contributed by atoms with Crippen LogP contribution < -0.4 is 10.6 Å². The minimum Gasteiger partial charge on any atom is -0.444 e. The Hall–Kier alpha value is -2.34. The van der Waals surface area contributed by atoms with Gasteiger partial charge in [0, 0.05) is 36.1 Å². The van der Waals surface area contributed by atoms with E-state index < -0.39 is 0 Å². The Balaban J connectivity index is 1.43. The van der Waals surface area contributed by atoms with Gasteiger partial charge in [-0.25, -0.2) is 9.98 Å². The molecule has 1 aromatic carbocycles. The molecule has 2 aromatic rings. The quantitative estimate of drug-likeness (QED) is 0.611. The van der Waals surface area contributed by atoms with Crippen LogP contribution in [0.15, 0.2) is 46.0 Å². The number of guanidine groups is 1. The van der Waals surface area contributed by atoms with Crippen LogP contribution in [0.25, 0.3) is 11.5 Å². The summed E-state index contributed by atoms with van der Waals surface area (Å²) < 4.78 is 11.6. The van der Waals surface area contributed by atoms with Gasteiger partial charge >= 0.3 is 0 Å². The van der Waals surface area contributed by atoms with Crippen LogP contribution in [-0.2, 0) is 11.3 Å². The molecule has 150 valence electrons. The molecule has 28 heavy (non-hydrogen) atoms. The van der Waals surface area contributed by atoms with Gasteiger partial charge in [-0.2, -0.15) is 0 Å². The highest BCUT2D eigenvalue weighted by atomic mass is 16.5. The molecule has 1 aliphatic heterocycles. The Morgan fingerprint density at radius 3 is 2.89 bits per heavy atom. The van der Waals surface area contributed by atoms with Crippen molar-refractivity contribution in [1.29, 1.82) is 0 Å². The Labute approximate surface area is 166 Å². The van der Waals surface area contributed by atoms with Crippen LogP contribution in [-0.4, -0.2) is 36.2 Å². The number of aromatic nitrogens is 1. The number of fused-ring (bicyclic) bond motifs is 1. The summed E-state index contributed by atoms with van der Waals surface area (Å²) >= 11 is 0. The molecule has 1 saturated heterocycles. The fourth-order valence-corrected chi connectivity index (χ4v) is 4.54. The second kappa shape index (κ2) is 7.95. The van der Waals surface area contributed by atoms with Crippen molar-refractivity contribution < 1.29 is 9.15 Å². The van der Waals surface area contributed by atoms with E-state index in [2.05, 4.69) is 36.4 Å². The monoisotopic (exact) mass is 382 g/mol. The summed E-state index contributed by atoms with van der Waals surface area (Å²) in [4.78, 5) is 9.32. The number of oxazole rings is 1. The summed E-state index contributed by atoms with van der Waals surface area (Å²) in [5, 5.41) is 7.02. The van der Waals surface area contributed by atoms with E-state index in [1.165, 1.54) is 6.42 Å². The van der Waals surface area contributed by atoms with Crippen LogP contribution in [0.5, 0.6) is 0 Å². The van der Waals surface area contributed by atoms with Crippen molar-refractivity contribution in [2.24, 2.45) is 16.3 Å². The van der Waals surface area contributed by atoms with Crippen LogP contribution >= 0.6 is 0 Å². The molecule has 1 aromatic heterocycles. The number of hydrogen-bond acceptors (Lipinski definition) is 4. The van der Waals surface area contributed by atoms with Gasteiger partial charge in [0.25, 0.3) is 0 Å². The largest absolute Gasteiger partial charge is 0.444 e. The van der Waals surface area contributed by atoms with Crippen molar-refractivity contribution in [2.75, 3.05) is 13.2 Å². The van der Waals surface area contributed by atoms with Crippen molar-refractivity contribution in [1.82, 2.24) is 15.6 Å². The summed E-state index contributed by atoms with van der Waals surface area (Å²) in [6.45, 7) is 8.83. The molecule has 0 spiro atoms. The second-order valence-corrected chi connectivity index (χ2v) is 8.25. The van der Waals surface area contributed by atoms with Crippen molar-refractivity contribution in [3.63, 3.8) is 0 Å². The lowest BCUT2D eigenvalue weighted by atomic mass is 9.55. The number of nitrogens with zero attached hydrogens (tertiary/aromatic N) is 2. The molecule has 6 heteroatoms. The van der Waals surface area contributed by atoms with E-state index in [0.717, 1.165) is 36.8 Å². The number of ether oxygens (including phenoxy) is 1. The first-order valence-corrected chi connectivity index (χ1v) is 10.3. The topological polar surface area (TPSA) is 71.7 Å². The molecular weight excluding hydrogens is 352 g/mol. The highest BCUT2D eigenvalue weighted by molar-refractivity contribution is 5.80. The third-order valence-electron chi connectivity index (χ3n) is 5.94. The van der Waals surface area contributed by atoms with Crippen LogP contribution in [0.2, 0.25) is 0 Å². The average molecular weight is 383 g/mol. The molecule has 6 nitrogen and oxygen atoms in total. The lowest BCUT2D eigenvalue weighted by Crippen LogP contribution is -2.71. The third-order valence-corrected chi connectivity index (χ3v) is 5.94. The van der Waals surface area contributed by atoms with Gasteiger partial charge in [0.15, 0.2) is 5.96 Å². The van der Waals surface area contributed by atoms with Crippen LogP contribution in [0.4, 0.5) is 0 Å². The lowest BCUT2D eigenvalue weighted by molar-refractivity contribution is -0.188. The van der Waals surface area contributed by atoms with Crippen LogP contribution in [0.3, 0.4) is 0 Å². The fourth-order valence-electron chi connectivity index (χ4n) is 4.54. The summed E-state index contributed by atoms with van der Waals surface area (Å²) in [6.07, 6.45) is 4.40. The van der Waals surface area contributed by atoms with E-state index in [1.807, 2.05) is 30.3 Å². The van der Waals surface area contributed by atoms with Crippen molar-refractivity contribution >= 4 is 5.96 Å². The molecule has 1 saturated carbocycles. The Morgan fingerprint density at radius 1 is 1.29 bits per heavy atom. The molecule has 3 unspecified atom stereocenters. The number of rotatable bonds is 5. The molecule has 4 rings (SSSR count). The predicted octanol–water partition coefficient (Wildman–Crippen LogP) is 3.60. The summed E-state index contributed by atoms with van der Waals surface area (Å²) in [7, 11) is 0. The Bertz CT molecular complexity index is 815. The van der Waals surface area contributed by atoms with E-state index in [4.69, 9.17) is 14.1 Å². The lowest BCUT2D eigenvalue weighted by Gasteiger charge is -2.60. The predicted molar refractivity (Wildman–Crippen MR) is 110 cm³/mol. The zero-order valence-electron chi connectivity index (χ0n) is 16.9. The molecule has 2 N–H and O–H groups in total. The molecule has 2 fully saturated rings. The van der Waals surface area contributed by atoms with Gasteiger partial charge in [0.2, 0.25) is 5.89 Å². The maximum atomic E-state index is 6.02. The molecule has 0 bridgehead atoms. The highest BCUT2D eigenvalue weighted by Crippen LogP contribution is 2.51. The minimum absolute atomic E-state index is 0.107. The van der Waals surface area contributed by atoms with E-state index in [-0.39, 0.29) is 5.41 Å². The standard InChI is InChI=1S/C22H30N4O2/c1-4-23-21(26-18-17-11-8-12-27-19(17)22(18,2)3)24-13-16-14-28-20(25-16)15-9-6-5-7-10-15/h5-7,9-10,14,17-19H,4,8,11-13H2,1-3H3,(H2,23,24,26). The molecule has 0 radical (unpaired) electrons. The van der Waals surface area contributed by atoms with Crippen LogP contribution in [0, 0.1) is 11.3 Å². The Kier molecular flexibility index (Phi) is 5.40. The van der Waals surface area contributed by atoms with Crippen molar-refractivity contribution in [2.45, 2.75) is 52.3 Å². The molecular formula is C22H30N4O2. The normalized spacial score (nSPS) is 26.2. The van der Waals surface area contributed by atoms with Gasteiger partial charge in [-0.3, -0.25) is 0 Å². The summed E-state index contributed by atoms with van der Waals surface area (Å²) in [6, 6.07) is 10.3. The number of benzene rings is 1. The maximum absolute atomic E-state index is 6.02. The zero-order valence-corrected chi connectivity index (χ0v) is 16.9. The first-order valence-electron chi connectivity index (χ1n) is 10.3. The molecule has 1 aliphatic carbocycles. The van der Waals surface area contributed by atoms with E-state index in [0.29, 0.717) is 30.5 Å². The minimum atomic E-state index is 0.107. The van der Waals surface area contributed by atoms with Crippen LogP contribution in [0.1, 0.15) is 39.3 Å². The molecule has 0 amide bonds. The second-order valence-electron chi connectivity index (χ2n) is 8.25. The smallest absolute Gasteiger partial charge is 0.226 e.